The minimum absolute atomic E-state index is 0.0209. The van der Waals surface area contributed by atoms with Gasteiger partial charge in [-0.05, 0) is 23.6 Å². The second-order valence-electron chi connectivity index (χ2n) is 7.34. The first-order valence-corrected chi connectivity index (χ1v) is 9.82. The number of nitrogens with one attached hydrogen (secondary N) is 1. The molecule has 0 saturated heterocycles. The van der Waals surface area contributed by atoms with Crippen LogP contribution in [-0.2, 0) is 4.79 Å². The van der Waals surface area contributed by atoms with Gasteiger partial charge in [0.15, 0.2) is 17.3 Å². The zero-order valence-electron chi connectivity index (χ0n) is 16.4. The number of Topliss-reactive ketones (excluding diaryl/α,β-unsaturated/α-hetero) is 1. The first kappa shape index (κ1) is 19.9. The zero-order valence-corrected chi connectivity index (χ0v) is 16.4. The van der Waals surface area contributed by atoms with Crippen LogP contribution in [0.3, 0.4) is 0 Å². The van der Waals surface area contributed by atoms with Gasteiger partial charge in [0.25, 0.3) is 0 Å². The van der Waals surface area contributed by atoms with E-state index in [0.29, 0.717) is 24.5 Å². The van der Waals surface area contributed by atoms with Crippen molar-refractivity contribution < 1.29 is 19.1 Å². The molecule has 3 rings (SSSR count). The predicted molar refractivity (Wildman–Crippen MR) is 108 cm³/mol. The minimum atomic E-state index is -0.156. The average Bonchev–Trinajstić information content (AvgIpc) is 2.95. The largest absolute Gasteiger partial charge is 0.490 e. The van der Waals surface area contributed by atoms with Crippen LogP contribution in [0.25, 0.3) is 0 Å². The van der Waals surface area contributed by atoms with E-state index < -0.39 is 0 Å². The number of fused-ring (bicyclic) bond motifs is 1. The molecule has 1 aliphatic heterocycles. The van der Waals surface area contributed by atoms with Crippen molar-refractivity contribution in [2.24, 2.45) is 5.92 Å². The summed E-state index contributed by atoms with van der Waals surface area (Å²) in [6, 6.07) is 14.7. The third-order valence-corrected chi connectivity index (χ3v) is 4.79. The molecule has 0 bridgehead atoms. The van der Waals surface area contributed by atoms with Crippen molar-refractivity contribution in [2.45, 2.75) is 39.2 Å². The second kappa shape index (κ2) is 9.40. The summed E-state index contributed by atoms with van der Waals surface area (Å²) in [5.41, 5.74) is 1.61. The van der Waals surface area contributed by atoms with E-state index in [4.69, 9.17) is 9.47 Å². The Hall–Kier alpha value is -2.82. The molecule has 1 aliphatic rings. The highest BCUT2D eigenvalue weighted by Crippen LogP contribution is 2.34. The molecule has 0 saturated carbocycles. The standard InChI is InChI=1S/C23H27NO4/c1-16(2)23(18-9-11-20-21(15-18)28-14-6-13-27-20)24-22(26)12-10-19(25)17-7-4-3-5-8-17/h3-5,7-9,11,15-16,23H,6,10,12-14H2,1-2H3,(H,24,26)/t23-/m1/s1. The Labute approximate surface area is 166 Å². The molecule has 5 heteroatoms. The van der Waals surface area contributed by atoms with E-state index in [1.165, 1.54) is 0 Å². The molecule has 1 heterocycles. The molecular formula is C23H27NO4. The highest BCUT2D eigenvalue weighted by molar-refractivity contribution is 5.97. The normalized spacial score (nSPS) is 14.2. The Bertz CT molecular complexity index is 817. The summed E-state index contributed by atoms with van der Waals surface area (Å²) in [5, 5.41) is 3.07. The molecule has 1 N–H and O–H groups in total. The number of rotatable bonds is 7. The molecule has 1 amide bonds. The summed E-state index contributed by atoms with van der Waals surface area (Å²) >= 11 is 0. The minimum Gasteiger partial charge on any atom is -0.490 e. The summed E-state index contributed by atoms with van der Waals surface area (Å²) in [5.74, 6) is 1.50. The van der Waals surface area contributed by atoms with Gasteiger partial charge in [-0.2, -0.15) is 0 Å². The average molecular weight is 381 g/mol. The highest BCUT2D eigenvalue weighted by Gasteiger charge is 2.21. The van der Waals surface area contributed by atoms with Crippen LogP contribution in [0.2, 0.25) is 0 Å². The molecular weight excluding hydrogens is 354 g/mol. The maximum absolute atomic E-state index is 12.5. The van der Waals surface area contributed by atoms with E-state index in [1.807, 2.05) is 36.4 Å². The Morgan fingerprint density at radius 2 is 1.68 bits per heavy atom. The van der Waals surface area contributed by atoms with Crippen molar-refractivity contribution in [3.05, 3.63) is 59.7 Å². The fourth-order valence-electron chi connectivity index (χ4n) is 3.25. The van der Waals surface area contributed by atoms with Crippen LogP contribution in [0.4, 0.5) is 0 Å². The van der Waals surface area contributed by atoms with Crippen molar-refractivity contribution >= 4 is 11.7 Å². The quantitative estimate of drug-likeness (QED) is 0.725. The number of carbonyl (C=O) groups is 2. The van der Waals surface area contributed by atoms with Crippen molar-refractivity contribution in [3.63, 3.8) is 0 Å². The Morgan fingerprint density at radius 3 is 2.39 bits per heavy atom. The topological polar surface area (TPSA) is 64.6 Å². The summed E-state index contributed by atoms with van der Waals surface area (Å²) in [6.45, 7) is 5.38. The fourth-order valence-corrected chi connectivity index (χ4v) is 3.25. The van der Waals surface area contributed by atoms with Gasteiger partial charge in [-0.15, -0.1) is 0 Å². The molecule has 0 fully saturated rings. The lowest BCUT2D eigenvalue weighted by atomic mass is 9.95. The molecule has 2 aromatic carbocycles. The van der Waals surface area contributed by atoms with Crippen molar-refractivity contribution in [1.82, 2.24) is 5.32 Å². The first-order chi connectivity index (χ1) is 13.5. The van der Waals surface area contributed by atoms with Gasteiger partial charge in [0.1, 0.15) is 0 Å². The van der Waals surface area contributed by atoms with Gasteiger partial charge in [0.05, 0.1) is 19.3 Å². The van der Waals surface area contributed by atoms with Gasteiger partial charge in [0.2, 0.25) is 5.91 Å². The van der Waals surface area contributed by atoms with Crippen LogP contribution in [0.1, 0.15) is 55.1 Å². The van der Waals surface area contributed by atoms with E-state index in [2.05, 4.69) is 19.2 Å². The van der Waals surface area contributed by atoms with Crippen LogP contribution < -0.4 is 14.8 Å². The van der Waals surface area contributed by atoms with Crippen LogP contribution >= 0.6 is 0 Å². The van der Waals surface area contributed by atoms with E-state index in [-0.39, 0.29) is 36.5 Å². The molecule has 0 radical (unpaired) electrons. The van der Waals surface area contributed by atoms with Crippen LogP contribution in [0.5, 0.6) is 11.5 Å². The van der Waals surface area contributed by atoms with Gasteiger partial charge < -0.3 is 14.8 Å². The highest BCUT2D eigenvalue weighted by atomic mass is 16.5. The molecule has 148 valence electrons. The van der Waals surface area contributed by atoms with E-state index in [0.717, 1.165) is 17.7 Å². The third-order valence-electron chi connectivity index (χ3n) is 4.79. The second-order valence-corrected chi connectivity index (χ2v) is 7.34. The third kappa shape index (κ3) is 5.12. The number of hydrogen-bond donors (Lipinski definition) is 1. The van der Waals surface area contributed by atoms with E-state index >= 15 is 0 Å². The lowest BCUT2D eigenvalue weighted by Crippen LogP contribution is -2.32. The monoisotopic (exact) mass is 381 g/mol. The molecule has 5 nitrogen and oxygen atoms in total. The zero-order chi connectivity index (χ0) is 19.9. The van der Waals surface area contributed by atoms with Crippen molar-refractivity contribution in [2.75, 3.05) is 13.2 Å². The number of ether oxygens (including phenoxy) is 2. The summed E-state index contributed by atoms with van der Waals surface area (Å²) in [7, 11) is 0. The van der Waals surface area contributed by atoms with Crippen molar-refractivity contribution in [1.29, 1.82) is 0 Å². The molecule has 0 spiro atoms. The van der Waals surface area contributed by atoms with Gasteiger partial charge in [-0.1, -0.05) is 50.2 Å². The Balaban J connectivity index is 1.63. The van der Waals surface area contributed by atoms with Gasteiger partial charge >= 0.3 is 0 Å². The van der Waals surface area contributed by atoms with Crippen molar-refractivity contribution in [3.8, 4) is 11.5 Å². The van der Waals surface area contributed by atoms with E-state index in [9.17, 15) is 9.59 Å². The summed E-state index contributed by atoms with van der Waals surface area (Å²) in [4.78, 5) is 24.7. The Morgan fingerprint density at radius 1 is 0.964 bits per heavy atom. The number of ketones is 1. The lowest BCUT2D eigenvalue weighted by Gasteiger charge is -2.24. The number of carbonyl (C=O) groups excluding carboxylic acids is 2. The molecule has 0 aliphatic carbocycles. The van der Waals surface area contributed by atoms with Crippen LogP contribution in [0.15, 0.2) is 48.5 Å². The smallest absolute Gasteiger partial charge is 0.220 e. The van der Waals surface area contributed by atoms with Crippen LogP contribution in [-0.4, -0.2) is 24.9 Å². The first-order valence-electron chi connectivity index (χ1n) is 9.82. The summed E-state index contributed by atoms with van der Waals surface area (Å²) in [6.07, 6.45) is 1.22. The maximum Gasteiger partial charge on any atom is 0.220 e. The predicted octanol–water partition coefficient (Wildman–Crippen LogP) is 4.32. The molecule has 0 aromatic heterocycles. The molecule has 28 heavy (non-hydrogen) atoms. The van der Waals surface area contributed by atoms with Gasteiger partial charge in [-0.3, -0.25) is 9.59 Å². The lowest BCUT2D eigenvalue weighted by molar-refractivity contribution is -0.122. The SMILES string of the molecule is CC(C)[C@@H](NC(=O)CCC(=O)c1ccccc1)c1ccc2c(c1)OCCCO2. The number of benzene rings is 2. The van der Waals surface area contributed by atoms with E-state index in [1.54, 1.807) is 12.1 Å². The molecule has 2 aromatic rings. The van der Waals surface area contributed by atoms with Gasteiger partial charge in [0, 0.05) is 24.8 Å². The molecule has 0 unspecified atom stereocenters. The summed E-state index contributed by atoms with van der Waals surface area (Å²) < 4.78 is 11.5. The maximum atomic E-state index is 12.5. The molecule has 1 atom stereocenters. The van der Waals surface area contributed by atoms with Crippen LogP contribution in [0, 0.1) is 5.92 Å². The fraction of sp³-hybridized carbons (Fsp3) is 0.391. The van der Waals surface area contributed by atoms with Gasteiger partial charge in [-0.25, -0.2) is 0 Å². The number of amides is 1. The Kier molecular flexibility index (Phi) is 6.69. The number of hydrogen-bond acceptors (Lipinski definition) is 4.